The molecule has 2 atom stereocenters. The molecule has 0 amide bonds. The molecule has 0 aromatic heterocycles. The van der Waals surface area contributed by atoms with Gasteiger partial charge in [-0.05, 0) is 0 Å². The summed E-state index contributed by atoms with van der Waals surface area (Å²) in [5, 5.41) is 10.9. The van der Waals surface area contributed by atoms with Gasteiger partial charge >= 0.3 is 0 Å². The highest BCUT2D eigenvalue weighted by molar-refractivity contribution is 7.91. The zero-order chi connectivity index (χ0) is 7.78. The van der Waals surface area contributed by atoms with E-state index >= 15 is 0 Å². The van der Waals surface area contributed by atoms with Crippen LogP contribution in [-0.2, 0) is 9.84 Å². The second kappa shape index (κ2) is 2.48. The monoisotopic (exact) mass is 166 g/mol. The third kappa shape index (κ3) is 1.47. The van der Waals surface area contributed by atoms with E-state index in [2.05, 4.69) is 0 Å². The topological polar surface area (TPSA) is 71.0 Å². The smallest absolute Gasteiger partial charge is 0.159 e. The molecule has 4 nitrogen and oxygen atoms in total. The van der Waals surface area contributed by atoms with Crippen molar-refractivity contribution >= 4 is 9.84 Å². The number of hydrogen-bond donors (Lipinski definition) is 2. The minimum absolute atomic E-state index is 0.0675. The zero-order valence-corrected chi connectivity index (χ0v) is 6.63. The minimum atomic E-state index is -2.94. The molecule has 1 aliphatic heterocycles. The quantitative estimate of drug-likeness (QED) is 0.446. The second-order valence-corrected chi connectivity index (χ2v) is 4.80. The molecule has 0 bridgehead atoms. The van der Waals surface area contributed by atoms with Gasteiger partial charge in [-0.15, -0.1) is 0 Å². The predicted octanol–water partition coefficient (Wildman–Crippen LogP) is -2.66. The lowest BCUT2D eigenvalue weighted by molar-refractivity contribution is -0.664. The van der Waals surface area contributed by atoms with Crippen LogP contribution in [0.2, 0.25) is 0 Å². The molecule has 1 fully saturated rings. The number of nitrogens with two attached hydrogens (primary N) is 1. The van der Waals surface area contributed by atoms with E-state index in [-0.39, 0.29) is 17.5 Å². The largest absolute Gasteiger partial charge is 0.386 e. The molecule has 0 aliphatic carbocycles. The van der Waals surface area contributed by atoms with Crippen molar-refractivity contribution in [1.82, 2.24) is 0 Å². The van der Waals surface area contributed by atoms with Gasteiger partial charge in [-0.3, -0.25) is 0 Å². The normalized spacial score (nSPS) is 38.2. The van der Waals surface area contributed by atoms with Crippen LogP contribution in [0.25, 0.3) is 0 Å². The van der Waals surface area contributed by atoms with E-state index in [1.165, 1.54) is 0 Å². The minimum Gasteiger partial charge on any atom is -0.386 e. The molecule has 5 heteroatoms. The van der Waals surface area contributed by atoms with E-state index < -0.39 is 15.9 Å². The molecule has 0 radical (unpaired) electrons. The van der Waals surface area contributed by atoms with Crippen molar-refractivity contribution in [3.8, 4) is 0 Å². The van der Waals surface area contributed by atoms with Crippen molar-refractivity contribution in [2.24, 2.45) is 0 Å². The second-order valence-electron chi connectivity index (χ2n) is 2.64. The van der Waals surface area contributed by atoms with E-state index in [1.807, 2.05) is 0 Å². The van der Waals surface area contributed by atoms with Gasteiger partial charge in [0.25, 0.3) is 0 Å². The summed E-state index contributed by atoms with van der Waals surface area (Å²) >= 11 is 0. The Morgan fingerprint density at radius 1 is 1.50 bits per heavy atom. The Bertz CT molecular complexity index is 211. The third-order valence-electron chi connectivity index (χ3n) is 1.79. The predicted molar refractivity (Wildman–Crippen MR) is 36.3 cm³/mol. The Morgan fingerprint density at radius 2 is 2.10 bits per heavy atom. The van der Waals surface area contributed by atoms with Crippen molar-refractivity contribution in [2.45, 2.75) is 12.1 Å². The molecule has 1 aliphatic rings. The van der Waals surface area contributed by atoms with Crippen molar-refractivity contribution in [2.75, 3.05) is 18.6 Å². The lowest BCUT2D eigenvalue weighted by Gasteiger charge is -2.05. The number of rotatable bonds is 1. The molecule has 10 heavy (non-hydrogen) atoms. The van der Waals surface area contributed by atoms with Gasteiger partial charge in [0.15, 0.2) is 9.84 Å². The molecule has 0 aromatic rings. The molecule has 0 unspecified atom stereocenters. The van der Waals surface area contributed by atoms with Gasteiger partial charge in [-0.25, -0.2) is 8.42 Å². The summed E-state index contributed by atoms with van der Waals surface area (Å²) in [7, 11) is -1.17. The van der Waals surface area contributed by atoms with Crippen LogP contribution < -0.4 is 5.32 Å². The molecule has 0 spiro atoms. The molecule has 1 heterocycles. The van der Waals surface area contributed by atoms with Gasteiger partial charge < -0.3 is 10.4 Å². The molecule has 60 valence electrons. The van der Waals surface area contributed by atoms with Gasteiger partial charge in [0.1, 0.15) is 17.9 Å². The number of hydrogen-bond acceptors (Lipinski definition) is 3. The maximum absolute atomic E-state index is 10.8. The van der Waals surface area contributed by atoms with Gasteiger partial charge in [0.05, 0.1) is 12.8 Å². The lowest BCUT2D eigenvalue weighted by Crippen LogP contribution is -2.89. The summed E-state index contributed by atoms with van der Waals surface area (Å²) in [6.45, 7) is 0. The first kappa shape index (κ1) is 7.97. The Morgan fingerprint density at radius 3 is 2.30 bits per heavy atom. The van der Waals surface area contributed by atoms with Crippen LogP contribution >= 0.6 is 0 Å². The van der Waals surface area contributed by atoms with E-state index in [0.29, 0.717) is 0 Å². The lowest BCUT2D eigenvalue weighted by atomic mass is 10.2. The average Bonchev–Trinajstić information content (AvgIpc) is 2.05. The summed E-state index contributed by atoms with van der Waals surface area (Å²) in [6, 6.07) is -0.148. The summed E-state index contributed by atoms with van der Waals surface area (Å²) < 4.78 is 21.7. The van der Waals surface area contributed by atoms with Crippen LogP contribution in [0, 0.1) is 0 Å². The Balaban J connectivity index is 2.71. The van der Waals surface area contributed by atoms with E-state index in [1.54, 1.807) is 12.4 Å². The van der Waals surface area contributed by atoms with Crippen LogP contribution in [-0.4, -0.2) is 44.2 Å². The first-order valence-corrected chi connectivity index (χ1v) is 5.05. The van der Waals surface area contributed by atoms with Crippen LogP contribution in [0.4, 0.5) is 0 Å². The standard InChI is InChI=1S/C5H11NO3S/c1-6-4-2-10(8,9)3-5(4)7/h4-7H,2-3H2,1H3/p+1/t4-,5+/m1/s1. The van der Waals surface area contributed by atoms with Crippen molar-refractivity contribution in [1.29, 1.82) is 0 Å². The van der Waals surface area contributed by atoms with E-state index in [0.717, 1.165) is 0 Å². The fourth-order valence-corrected chi connectivity index (χ4v) is 3.08. The van der Waals surface area contributed by atoms with E-state index in [9.17, 15) is 8.42 Å². The highest BCUT2D eigenvalue weighted by Crippen LogP contribution is 2.08. The van der Waals surface area contributed by atoms with Gasteiger partial charge in [-0.2, -0.15) is 0 Å². The molecule has 0 saturated carbocycles. The SMILES string of the molecule is C[NH2+][C@@H]1CS(=O)(=O)C[C@@H]1O. The van der Waals surface area contributed by atoms with Crippen LogP contribution in [0.3, 0.4) is 0 Å². The van der Waals surface area contributed by atoms with Crippen LogP contribution in [0.1, 0.15) is 0 Å². The van der Waals surface area contributed by atoms with Crippen LogP contribution in [0.5, 0.6) is 0 Å². The summed E-state index contributed by atoms with van der Waals surface area (Å²) in [6.07, 6.45) is -0.671. The first-order chi connectivity index (χ1) is 4.55. The molecular formula is C5H12NO3S+. The molecule has 1 saturated heterocycles. The third-order valence-corrected chi connectivity index (χ3v) is 3.54. The number of quaternary nitrogens is 1. The van der Waals surface area contributed by atoms with Gasteiger partial charge in [0, 0.05) is 0 Å². The summed E-state index contributed by atoms with van der Waals surface area (Å²) in [4.78, 5) is 0. The first-order valence-electron chi connectivity index (χ1n) is 3.23. The molecule has 3 N–H and O–H groups in total. The fourth-order valence-electron chi connectivity index (χ4n) is 1.17. The average molecular weight is 166 g/mol. The van der Waals surface area contributed by atoms with Crippen molar-refractivity contribution in [3.63, 3.8) is 0 Å². The van der Waals surface area contributed by atoms with Crippen molar-refractivity contribution < 1.29 is 18.8 Å². The van der Waals surface area contributed by atoms with E-state index in [4.69, 9.17) is 5.11 Å². The highest BCUT2D eigenvalue weighted by atomic mass is 32.2. The van der Waals surface area contributed by atoms with Crippen molar-refractivity contribution in [3.05, 3.63) is 0 Å². The van der Waals surface area contributed by atoms with Gasteiger partial charge in [-0.1, -0.05) is 0 Å². The maximum Gasteiger partial charge on any atom is 0.159 e. The number of sulfone groups is 1. The van der Waals surface area contributed by atoms with Crippen LogP contribution in [0.15, 0.2) is 0 Å². The number of aliphatic hydroxyl groups is 1. The molecular weight excluding hydrogens is 154 g/mol. The Kier molecular flexibility index (Phi) is 1.98. The summed E-state index contributed by atoms with van der Waals surface area (Å²) in [5.74, 6) is 0.0483. The highest BCUT2D eigenvalue weighted by Gasteiger charge is 2.38. The van der Waals surface area contributed by atoms with Gasteiger partial charge in [0.2, 0.25) is 0 Å². The molecule has 1 rings (SSSR count). The fraction of sp³-hybridized carbons (Fsp3) is 1.00. The Labute approximate surface area is 60.2 Å². The Hall–Kier alpha value is -0.130. The maximum atomic E-state index is 10.8. The number of likely N-dealkylation sites (N-methyl/N-ethyl adjacent to an activating group) is 1. The zero-order valence-electron chi connectivity index (χ0n) is 5.82. The summed E-state index contributed by atoms with van der Waals surface area (Å²) in [5.41, 5.74) is 0. The molecule has 0 aromatic carbocycles. The number of aliphatic hydroxyl groups excluding tert-OH is 1.